The first-order valence-electron chi connectivity index (χ1n) is 4.61. The Kier molecular flexibility index (Phi) is 4.56. The zero-order chi connectivity index (χ0) is 9.68. The summed E-state index contributed by atoms with van der Waals surface area (Å²) in [5.41, 5.74) is 1.40. The van der Waals surface area contributed by atoms with Crippen LogP contribution in [0.4, 0.5) is 0 Å². The Balaban J connectivity index is 2.81. The maximum absolute atomic E-state index is 5.26. The van der Waals surface area contributed by atoms with Crippen LogP contribution in [0.3, 0.4) is 0 Å². The number of rotatable bonds is 4. The molecule has 0 heterocycles. The van der Waals surface area contributed by atoms with E-state index < -0.39 is 0 Å². The molecule has 0 aliphatic heterocycles. The minimum atomic E-state index is 0.995. The summed E-state index contributed by atoms with van der Waals surface area (Å²) >= 11 is 2.36. The molecule has 1 aromatic carbocycles. The van der Waals surface area contributed by atoms with Gasteiger partial charge in [0.1, 0.15) is 5.75 Å². The smallest absolute Gasteiger partial charge is 0.132 e. The number of ether oxygens (including phenoxy) is 1. The average molecular weight is 290 g/mol. The van der Waals surface area contributed by atoms with Crippen LogP contribution in [0.1, 0.15) is 25.3 Å². The van der Waals surface area contributed by atoms with E-state index in [2.05, 4.69) is 41.6 Å². The van der Waals surface area contributed by atoms with Crippen LogP contribution in [-0.2, 0) is 6.42 Å². The SMILES string of the molecule is CCCCc1cccc(OC)c1I. The summed E-state index contributed by atoms with van der Waals surface area (Å²) in [6.07, 6.45) is 3.66. The number of halogens is 1. The van der Waals surface area contributed by atoms with Crippen LogP contribution in [0.25, 0.3) is 0 Å². The van der Waals surface area contributed by atoms with Gasteiger partial charge in [-0.05, 0) is 47.1 Å². The van der Waals surface area contributed by atoms with E-state index in [1.807, 2.05) is 6.07 Å². The van der Waals surface area contributed by atoms with Crippen molar-refractivity contribution in [3.05, 3.63) is 27.3 Å². The van der Waals surface area contributed by atoms with Gasteiger partial charge in [-0.3, -0.25) is 0 Å². The van der Waals surface area contributed by atoms with Crippen LogP contribution < -0.4 is 4.74 Å². The van der Waals surface area contributed by atoms with Crippen molar-refractivity contribution in [2.45, 2.75) is 26.2 Å². The molecule has 0 fully saturated rings. The normalized spacial score (nSPS) is 10.1. The fourth-order valence-electron chi connectivity index (χ4n) is 1.27. The fourth-order valence-corrected chi connectivity index (χ4v) is 2.12. The summed E-state index contributed by atoms with van der Waals surface area (Å²) in [6.45, 7) is 2.22. The molecule has 0 aromatic heterocycles. The molecule has 1 aromatic rings. The van der Waals surface area contributed by atoms with Crippen molar-refractivity contribution in [1.82, 2.24) is 0 Å². The minimum Gasteiger partial charge on any atom is -0.496 e. The zero-order valence-corrected chi connectivity index (χ0v) is 10.3. The Morgan fingerprint density at radius 3 is 2.77 bits per heavy atom. The topological polar surface area (TPSA) is 9.23 Å². The van der Waals surface area contributed by atoms with E-state index in [1.54, 1.807) is 7.11 Å². The quantitative estimate of drug-likeness (QED) is 0.769. The van der Waals surface area contributed by atoms with Crippen molar-refractivity contribution in [3.63, 3.8) is 0 Å². The van der Waals surface area contributed by atoms with Gasteiger partial charge in [0.2, 0.25) is 0 Å². The number of aryl methyl sites for hydroxylation is 1. The van der Waals surface area contributed by atoms with Crippen LogP contribution >= 0.6 is 22.6 Å². The molecule has 0 atom stereocenters. The molecule has 0 spiro atoms. The van der Waals surface area contributed by atoms with E-state index in [-0.39, 0.29) is 0 Å². The minimum absolute atomic E-state index is 0.995. The fraction of sp³-hybridized carbons (Fsp3) is 0.455. The summed E-state index contributed by atoms with van der Waals surface area (Å²) in [4.78, 5) is 0. The molecule has 13 heavy (non-hydrogen) atoms. The number of methoxy groups -OCH3 is 1. The van der Waals surface area contributed by atoms with Gasteiger partial charge in [0.15, 0.2) is 0 Å². The first kappa shape index (κ1) is 10.8. The van der Waals surface area contributed by atoms with E-state index in [0.29, 0.717) is 0 Å². The molecule has 0 aliphatic rings. The molecule has 0 aliphatic carbocycles. The van der Waals surface area contributed by atoms with Crippen molar-refractivity contribution in [2.24, 2.45) is 0 Å². The Labute approximate surface area is 93.6 Å². The highest BCUT2D eigenvalue weighted by atomic mass is 127. The molecule has 1 rings (SSSR count). The van der Waals surface area contributed by atoms with Gasteiger partial charge in [-0.1, -0.05) is 25.5 Å². The van der Waals surface area contributed by atoms with Gasteiger partial charge >= 0.3 is 0 Å². The van der Waals surface area contributed by atoms with Gasteiger partial charge in [0.25, 0.3) is 0 Å². The lowest BCUT2D eigenvalue weighted by Crippen LogP contribution is -1.93. The highest BCUT2D eigenvalue weighted by molar-refractivity contribution is 14.1. The standard InChI is InChI=1S/C11H15IO/c1-3-4-6-9-7-5-8-10(13-2)11(9)12/h5,7-8H,3-4,6H2,1-2H3. The van der Waals surface area contributed by atoms with Crippen molar-refractivity contribution < 1.29 is 4.74 Å². The third-order valence-corrected chi connectivity index (χ3v) is 3.29. The van der Waals surface area contributed by atoms with Crippen LogP contribution in [0.5, 0.6) is 5.75 Å². The first-order valence-corrected chi connectivity index (χ1v) is 5.68. The van der Waals surface area contributed by atoms with Gasteiger partial charge in [-0.25, -0.2) is 0 Å². The molecule has 72 valence electrons. The largest absolute Gasteiger partial charge is 0.496 e. The Bertz CT molecular complexity index is 271. The third kappa shape index (κ3) is 2.86. The van der Waals surface area contributed by atoms with E-state index in [9.17, 15) is 0 Å². The Morgan fingerprint density at radius 2 is 2.15 bits per heavy atom. The predicted molar refractivity (Wildman–Crippen MR) is 64.3 cm³/mol. The van der Waals surface area contributed by atoms with Gasteiger partial charge in [0.05, 0.1) is 10.7 Å². The van der Waals surface area contributed by atoms with Crippen molar-refractivity contribution in [3.8, 4) is 5.75 Å². The highest BCUT2D eigenvalue weighted by Gasteiger charge is 2.04. The summed E-state index contributed by atoms with van der Waals surface area (Å²) in [5, 5.41) is 0. The monoisotopic (exact) mass is 290 g/mol. The predicted octanol–water partition coefficient (Wildman–Crippen LogP) is 3.64. The zero-order valence-electron chi connectivity index (χ0n) is 8.14. The van der Waals surface area contributed by atoms with Crippen LogP contribution in [0.15, 0.2) is 18.2 Å². The van der Waals surface area contributed by atoms with Gasteiger partial charge < -0.3 is 4.74 Å². The van der Waals surface area contributed by atoms with Crippen molar-refractivity contribution in [2.75, 3.05) is 7.11 Å². The molecule has 1 nitrogen and oxygen atoms in total. The Morgan fingerprint density at radius 1 is 1.38 bits per heavy atom. The second-order valence-corrected chi connectivity index (χ2v) is 4.12. The lowest BCUT2D eigenvalue weighted by molar-refractivity contribution is 0.411. The maximum Gasteiger partial charge on any atom is 0.132 e. The molecule has 0 radical (unpaired) electrons. The van der Waals surface area contributed by atoms with Gasteiger partial charge in [0, 0.05) is 0 Å². The molecule has 0 saturated carbocycles. The summed E-state index contributed by atoms with van der Waals surface area (Å²) < 4.78 is 6.52. The third-order valence-electron chi connectivity index (χ3n) is 2.06. The number of hydrogen-bond acceptors (Lipinski definition) is 1. The second kappa shape index (κ2) is 5.47. The number of hydrogen-bond donors (Lipinski definition) is 0. The molecule has 0 bridgehead atoms. The molecule has 0 amide bonds. The molecule has 2 heteroatoms. The second-order valence-electron chi connectivity index (χ2n) is 3.04. The lowest BCUT2D eigenvalue weighted by Gasteiger charge is -2.07. The van der Waals surface area contributed by atoms with Gasteiger partial charge in [-0.15, -0.1) is 0 Å². The van der Waals surface area contributed by atoms with E-state index >= 15 is 0 Å². The maximum atomic E-state index is 5.26. The first-order chi connectivity index (χ1) is 6.29. The Hall–Kier alpha value is -0.250. The summed E-state index contributed by atoms with van der Waals surface area (Å²) in [5.74, 6) is 0.995. The lowest BCUT2D eigenvalue weighted by atomic mass is 10.1. The molecule has 0 saturated heterocycles. The summed E-state index contributed by atoms with van der Waals surface area (Å²) in [7, 11) is 1.72. The average Bonchev–Trinajstić information content (AvgIpc) is 2.16. The number of benzene rings is 1. The number of unbranched alkanes of at least 4 members (excludes halogenated alkanes) is 1. The molecular formula is C11H15IO. The van der Waals surface area contributed by atoms with E-state index in [0.717, 1.165) is 12.2 Å². The molecule has 0 N–H and O–H groups in total. The van der Waals surface area contributed by atoms with Crippen molar-refractivity contribution >= 4 is 22.6 Å². The molecule has 0 unspecified atom stereocenters. The van der Waals surface area contributed by atoms with E-state index in [4.69, 9.17) is 4.74 Å². The van der Waals surface area contributed by atoms with E-state index in [1.165, 1.54) is 22.0 Å². The summed E-state index contributed by atoms with van der Waals surface area (Å²) in [6, 6.07) is 6.25. The van der Waals surface area contributed by atoms with Crippen molar-refractivity contribution in [1.29, 1.82) is 0 Å². The van der Waals surface area contributed by atoms with Gasteiger partial charge in [-0.2, -0.15) is 0 Å². The molecular weight excluding hydrogens is 275 g/mol. The highest BCUT2D eigenvalue weighted by Crippen LogP contribution is 2.25. The van der Waals surface area contributed by atoms with Crippen LogP contribution in [0, 0.1) is 3.57 Å². The van der Waals surface area contributed by atoms with Crippen LogP contribution in [-0.4, -0.2) is 7.11 Å². The van der Waals surface area contributed by atoms with Crippen LogP contribution in [0.2, 0.25) is 0 Å².